The molecular weight excluding hydrogens is 416 g/mol. The summed E-state index contributed by atoms with van der Waals surface area (Å²) in [6, 6.07) is 12.3. The molecule has 1 unspecified atom stereocenters. The SMILES string of the molecule is C=CC(=O)N1CCN(c2nc(OC)nc3c2CCC(c2cc(O)cc4ccccc24)C3)CC1. The number of piperazine rings is 1. The predicted octanol–water partition coefficient (Wildman–Crippen LogP) is 3.45. The Morgan fingerprint density at radius 2 is 1.97 bits per heavy atom. The first-order chi connectivity index (χ1) is 16.1. The third-order valence-corrected chi connectivity index (χ3v) is 6.80. The summed E-state index contributed by atoms with van der Waals surface area (Å²) < 4.78 is 5.45. The number of phenolic OH excluding ortho intramolecular Hbond substituents is 1. The molecule has 7 heteroatoms. The van der Waals surface area contributed by atoms with Gasteiger partial charge < -0.3 is 19.6 Å². The second-order valence-corrected chi connectivity index (χ2v) is 8.67. The van der Waals surface area contributed by atoms with Crippen LogP contribution in [-0.4, -0.2) is 59.2 Å². The van der Waals surface area contributed by atoms with Crippen molar-refractivity contribution in [2.45, 2.75) is 25.2 Å². The lowest BCUT2D eigenvalue weighted by Crippen LogP contribution is -2.49. The van der Waals surface area contributed by atoms with E-state index in [9.17, 15) is 9.90 Å². The molecule has 1 aliphatic carbocycles. The lowest BCUT2D eigenvalue weighted by atomic mass is 9.80. The molecule has 0 radical (unpaired) electrons. The molecule has 33 heavy (non-hydrogen) atoms. The molecule has 1 aliphatic heterocycles. The third-order valence-electron chi connectivity index (χ3n) is 6.80. The van der Waals surface area contributed by atoms with Gasteiger partial charge in [0, 0.05) is 31.7 Å². The molecule has 1 amide bonds. The molecule has 3 aromatic rings. The van der Waals surface area contributed by atoms with Crippen molar-refractivity contribution < 1.29 is 14.6 Å². The number of aromatic nitrogens is 2. The molecule has 5 rings (SSSR count). The lowest BCUT2D eigenvalue weighted by Gasteiger charge is -2.37. The quantitative estimate of drug-likeness (QED) is 0.621. The van der Waals surface area contributed by atoms with E-state index in [0.29, 0.717) is 37.9 Å². The van der Waals surface area contributed by atoms with Gasteiger partial charge in [-0.3, -0.25) is 4.79 Å². The van der Waals surface area contributed by atoms with Gasteiger partial charge in [-0.05, 0) is 59.7 Å². The van der Waals surface area contributed by atoms with Crippen molar-refractivity contribution in [3.63, 3.8) is 0 Å². The van der Waals surface area contributed by atoms with Crippen LogP contribution in [0, 0.1) is 0 Å². The Hall–Kier alpha value is -3.61. The Bertz CT molecular complexity index is 1220. The number of hydrogen-bond acceptors (Lipinski definition) is 6. The van der Waals surface area contributed by atoms with Gasteiger partial charge in [-0.1, -0.05) is 30.8 Å². The molecular formula is C26H28N4O3. The maximum Gasteiger partial charge on any atom is 0.318 e. The molecule has 1 N–H and O–H groups in total. The smallest absolute Gasteiger partial charge is 0.318 e. The average Bonchev–Trinajstić information content (AvgIpc) is 2.86. The van der Waals surface area contributed by atoms with Gasteiger partial charge in [0.2, 0.25) is 5.91 Å². The van der Waals surface area contributed by atoms with E-state index in [1.54, 1.807) is 7.11 Å². The number of hydrogen-bond donors (Lipinski definition) is 1. The number of amides is 1. The number of nitrogens with zero attached hydrogens (tertiary/aromatic N) is 4. The Morgan fingerprint density at radius 1 is 1.18 bits per heavy atom. The second kappa shape index (κ2) is 8.73. The van der Waals surface area contributed by atoms with Gasteiger partial charge in [0.25, 0.3) is 0 Å². The normalized spacial score (nSPS) is 18.2. The van der Waals surface area contributed by atoms with E-state index in [4.69, 9.17) is 14.7 Å². The standard InChI is InChI=1S/C26H28N4O3/c1-3-24(32)29-10-12-30(13-11-29)25-21-9-8-18(15-23(21)27-26(28-25)33-2)22-16-19(31)14-17-6-4-5-7-20(17)22/h3-7,14,16,18,31H,1,8-13,15H2,2H3. The number of ether oxygens (including phenoxy) is 1. The van der Waals surface area contributed by atoms with Crippen molar-refractivity contribution in [3.8, 4) is 11.8 Å². The average molecular weight is 445 g/mol. The zero-order valence-electron chi connectivity index (χ0n) is 18.8. The minimum Gasteiger partial charge on any atom is -0.508 e. The van der Waals surface area contributed by atoms with E-state index >= 15 is 0 Å². The van der Waals surface area contributed by atoms with Crippen LogP contribution < -0.4 is 9.64 Å². The van der Waals surface area contributed by atoms with Gasteiger partial charge in [0.05, 0.1) is 12.8 Å². The first-order valence-corrected chi connectivity index (χ1v) is 11.4. The topological polar surface area (TPSA) is 78.8 Å². The Morgan fingerprint density at radius 3 is 2.73 bits per heavy atom. The van der Waals surface area contributed by atoms with Crippen LogP contribution in [0.3, 0.4) is 0 Å². The number of aromatic hydroxyl groups is 1. The summed E-state index contributed by atoms with van der Waals surface area (Å²) in [4.78, 5) is 25.4. The number of carbonyl (C=O) groups excluding carboxylic acids is 1. The summed E-state index contributed by atoms with van der Waals surface area (Å²) in [7, 11) is 1.59. The van der Waals surface area contributed by atoms with E-state index in [2.05, 4.69) is 17.5 Å². The number of carbonyl (C=O) groups is 1. The number of methoxy groups -OCH3 is 1. The number of phenols is 1. The molecule has 7 nitrogen and oxygen atoms in total. The van der Waals surface area contributed by atoms with Crippen LogP contribution in [0.15, 0.2) is 49.1 Å². The van der Waals surface area contributed by atoms with Crippen molar-refractivity contribution in [2.75, 3.05) is 38.2 Å². The molecule has 2 aliphatic rings. The van der Waals surface area contributed by atoms with Gasteiger partial charge in [0.1, 0.15) is 11.6 Å². The summed E-state index contributed by atoms with van der Waals surface area (Å²) in [5.41, 5.74) is 3.33. The molecule has 0 saturated carbocycles. The van der Waals surface area contributed by atoms with Crippen molar-refractivity contribution in [1.82, 2.24) is 14.9 Å². The minimum atomic E-state index is -0.0295. The van der Waals surface area contributed by atoms with Crippen LogP contribution in [0.4, 0.5) is 5.82 Å². The second-order valence-electron chi connectivity index (χ2n) is 8.67. The first-order valence-electron chi connectivity index (χ1n) is 11.4. The zero-order chi connectivity index (χ0) is 22.9. The maximum absolute atomic E-state index is 12.0. The molecule has 2 aromatic carbocycles. The van der Waals surface area contributed by atoms with Crippen molar-refractivity contribution >= 4 is 22.5 Å². The van der Waals surface area contributed by atoms with Crippen molar-refractivity contribution in [3.05, 3.63) is 65.9 Å². The minimum absolute atomic E-state index is 0.0295. The maximum atomic E-state index is 12.0. The molecule has 1 atom stereocenters. The first kappa shape index (κ1) is 21.2. The van der Waals surface area contributed by atoms with E-state index in [1.165, 1.54) is 17.0 Å². The van der Waals surface area contributed by atoms with E-state index in [-0.39, 0.29) is 11.8 Å². The van der Waals surface area contributed by atoms with Crippen molar-refractivity contribution in [1.29, 1.82) is 0 Å². The van der Waals surface area contributed by atoms with E-state index in [0.717, 1.165) is 41.7 Å². The largest absolute Gasteiger partial charge is 0.508 e. The van der Waals surface area contributed by atoms with Gasteiger partial charge in [-0.15, -0.1) is 0 Å². The highest BCUT2D eigenvalue weighted by atomic mass is 16.5. The highest BCUT2D eigenvalue weighted by Gasteiger charge is 2.30. The summed E-state index contributed by atoms with van der Waals surface area (Å²) >= 11 is 0. The highest BCUT2D eigenvalue weighted by Crippen LogP contribution is 2.40. The van der Waals surface area contributed by atoms with E-state index in [1.807, 2.05) is 35.2 Å². The number of anilines is 1. The number of fused-ring (bicyclic) bond motifs is 2. The monoisotopic (exact) mass is 444 g/mol. The van der Waals surface area contributed by atoms with Crippen LogP contribution in [0.5, 0.6) is 11.8 Å². The third kappa shape index (κ3) is 3.99. The lowest BCUT2D eigenvalue weighted by molar-refractivity contribution is -0.126. The number of benzene rings is 2. The Labute approximate surface area is 193 Å². The molecule has 1 aromatic heterocycles. The van der Waals surface area contributed by atoms with Crippen LogP contribution in [-0.2, 0) is 17.6 Å². The summed E-state index contributed by atoms with van der Waals surface area (Å²) in [6.07, 6.45) is 3.95. The van der Waals surface area contributed by atoms with Crippen LogP contribution in [0.2, 0.25) is 0 Å². The summed E-state index contributed by atoms with van der Waals surface area (Å²) in [5, 5.41) is 12.5. The highest BCUT2D eigenvalue weighted by molar-refractivity contribution is 5.88. The fraction of sp³-hybridized carbons (Fsp3) is 0.346. The van der Waals surface area contributed by atoms with Crippen LogP contribution in [0.1, 0.15) is 29.2 Å². The summed E-state index contributed by atoms with van der Waals surface area (Å²) in [5.74, 6) is 1.44. The molecule has 0 bridgehead atoms. The molecule has 170 valence electrons. The van der Waals surface area contributed by atoms with Crippen LogP contribution >= 0.6 is 0 Å². The molecule has 2 heterocycles. The molecule has 1 saturated heterocycles. The molecule has 1 fully saturated rings. The zero-order valence-corrected chi connectivity index (χ0v) is 18.8. The predicted molar refractivity (Wildman–Crippen MR) is 128 cm³/mol. The number of rotatable bonds is 4. The Kier molecular flexibility index (Phi) is 5.62. The van der Waals surface area contributed by atoms with Crippen molar-refractivity contribution in [2.24, 2.45) is 0 Å². The van der Waals surface area contributed by atoms with Gasteiger partial charge >= 0.3 is 6.01 Å². The van der Waals surface area contributed by atoms with Gasteiger partial charge in [-0.2, -0.15) is 9.97 Å². The van der Waals surface area contributed by atoms with Crippen LogP contribution in [0.25, 0.3) is 10.8 Å². The fourth-order valence-corrected chi connectivity index (χ4v) is 5.12. The Balaban J connectivity index is 1.46. The van der Waals surface area contributed by atoms with Gasteiger partial charge in [0.15, 0.2) is 0 Å². The van der Waals surface area contributed by atoms with Gasteiger partial charge in [-0.25, -0.2) is 0 Å². The molecule has 0 spiro atoms. The summed E-state index contributed by atoms with van der Waals surface area (Å²) in [6.45, 7) is 6.31. The van der Waals surface area contributed by atoms with E-state index < -0.39 is 0 Å². The fourth-order valence-electron chi connectivity index (χ4n) is 5.12.